The van der Waals surface area contributed by atoms with Crippen LogP contribution in [0.15, 0.2) is 18.2 Å². The zero-order chi connectivity index (χ0) is 13.7. The molecule has 5 heteroatoms. The van der Waals surface area contributed by atoms with Gasteiger partial charge in [0.05, 0.1) is 13.0 Å². The van der Waals surface area contributed by atoms with Crippen LogP contribution >= 0.6 is 0 Å². The number of rotatable bonds is 5. The number of nitrogens with zero attached hydrogens (tertiary/aromatic N) is 1. The fourth-order valence-corrected chi connectivity index (χ4v) is 1.73. The van der Waals surface area contributed by atoms with E-state index in [0.717, 1.165) is 12.1 Å². The van der Waals surface area contributed by atoms with Gasteiger partial charge in [0, 0.05) is 18.2 Å². The van der Waals surface area contributed by atoms with Crippen molar-refractivity contribution in [1.82, 2.24) is 4.90 Å². The van der Waals surface area contributed by atoms with Crippen molar-refractivity contribution in [2.75, 3.05) is 13.2 Å². The van der Waals surface area contributed by atoms with Crippen LogP contribution in [0.3, 0.4) is 0 Å². The van der Waals surface area contributed by atoms with Gasteiger partial charge in [-0.15, -0.1) is 0 Å². The Labute approximate surface area is 105 Å². The molecule has 0 bridgehead atoms. The maximum atomic E-state index is 13.4. The van der Waals surface area contributed by atoms with Gasteiger partial charge >= 0.3 is 0 Å². The van der Waals surface area contributed by atoms with Crippen molar-refractivity contribution in [2.45, 2.75) is 26.3 Å². The van der Waals surface area contributed by atoms with Crippen molar-refractivity contribution < 1.29 is 18.7 Å². The Bertz CT molecular complexity index is 401. The molecule has 0 aromatic heterocycles. The van der Waals surface area contributed by atoms with Crippen LogP contribution in [0.5, 0.6) is 0 Å². The predicted molar refractivity (Wildman–Crippen MR) is 64.0 cm³/mol. The van der Waals surface area contributed by atoms with Crippen LogP contribution in [0.25, 0.3) is 0 Å². The van der Waals surface area contributed by atoms with Gasteiger partial charge in [-0.3, -0.25) is 4.79 Å². The summed E-state index contributed by atoms with van der Waals surface area (Å²) in [4.78, 5) is 13.3. The third kappa shape index (κ3) is 3.50. The zero-order valence-corrected chi connectivity index (χ0v) is 10.5. The van der Waals surface area contributed by atoms with Crippen molar-refractivity contribution in [3.63, 3.8) is 0 Å². The average molecular weight is 257 g/mol. The Balaban J connectivity index is 2.86. The number of halogens is 2. The standard InChI is InChI=1S/C13H17F2NO2/c1-9(2)16(6-7-17)13(18)8-10-11(14)4-3-5-12(10)15/h3-5,9,17H,6-8H2,1-2H3. The van der Waals surface area contributed by atoms with Gasteiger partial charge in [-0.1, -0.05) is 6.07 Å². The highest BCUT2D eigenvalue weighted by molar-refractivity contribution is 5.79. The minimum absolute atomic E-state index is 0.125. The molecular formula is C13H17F2NO2. The Hall–Kier alpha value is -1.49. The molecule has 1 aromatic carbocycles. The summed E-state index contributed by atoms with van der Waals surface area (Å²) in [6.07, 6.45) is -0.337. The minimum atomic E-state index is -0.726. The molecule has 0 atom stereocenters. The van der Waals surface area contributed by atoms with Crippen molar-refractivity contribution in [2.24, 2.45) is 0 Å². The van der Waals surface area contributed by atoms with Crippen LogP contribution in [-0.4, -0.2) is 35.1 Å². The van der Waals surface area contributed by atoms with Crippen LogP contribution in [-0.2, 0) is 11.2 Å². The van der Waals surface area contributed by atoms with E-state index in [1.807, 2.05) is 0 Å². The molecule has 1 rings (SSSR count). The van der Waals surface area contributed by atoms with E-state index in [4.69, 9.17) is 5.11 Å². The monoisotopic (exact) mass is 257 g/mol. The summed E-state index contributed by atoms with van der Waals surface area (Å²) in [5.41, 5.74) is -0.230. The molecule has 0 saturated heterocycles. The number of benzene rings is 1. The Morgan fingerprint density at radius 3 is 2.33 bits per heavy atom. The number of aliphatic hydroxyl groups excluding tert-OH is 1. The summed E-state index contributed by atoms with van der Waals surface area (Å²) in [7, 11) is 0. The number of amides is 1. The zero-order valence-electron chi connectivity index (χ0n) is 10.5. The average Bonchev–Trinajstić information content (AvgIpc) is 2.30. The van der Waals surface area contributed by atoms with E-state index in [-0.39, 0.29) is 31.2 Å². The highest BCUT2D eigenvalue weighted by Crippen LogP contribution is 2.14. The number of carbonyl (C=O) groups is 1. The summed E-state index contributed by atoms with van der Waals surface area (Å²) < 4.78 is 26.8. The van der Waals surface area contributed by atoms with Crippen LogP contribution in [0.2, 0.25) is 0 Å². The van der Waals surface area contributed by atoms with Crippen molar-refractivity contribution >= 4 is 5.91 Å². The quantitative estimate of drug-likeness (QED) is 0.872. The molecule has 1 N–H and O–H groups in total. The summed E-state index contributed by atoms with van der Waals surface area (Å²) in [6, 6.07) is 3.38. The molecule has 1 aromatic rings. The largest absolute Gasteiger partial charge is 0.395 e. The number of aliphatic hydroxyl groups is 1. The molecule has 0 fully saturated rings. The van der Waals surface area contributed by atoms with E-state index in [9.17, 15) is 13.6 Å². The second-order valence-electron chi connectivity index (χ2n) is 4.28. The van der Waals surface area contributed by atoms with Crippen LogP contribution in [0.4, 0.5) is 8.78 Å². The predicted octanol–water partition coefficient (Wildman–Crippen LogP) is 1.74. The number of carbonyl (C=O) groups excluding carboxylic acids is 1. The second-order valence-corrected chi connectivity index (χ2v) is 4.28. The topological polar surface area (TPSA) is 40.5 Å². The molecular weight excluding hydrogens is 240 g/mol. The molecule has 0 aliphatic heterocycles. The van der Waals surface area contributed by atoms with Gasteiger partial charge in [-0.25, -0.2) is 8.78 Å². The van der Waals surface area contributed by atoms with E-state index >= 15 is 0 Å². The maximum absolute atomic E-state index is 13.4. The van der Waals surface area contributed by atoms with Gasteiger partial charge in [0.25, 0.3) is 0 Å². The van der Waals surface area contributed by atoms with Gasteiger partial charge in [0.2, 0.25) is 5.91 Å². The maximum Gasteiger partial charge on any atom is 0.227 e. The first kappa shape index (κ1) is 14.6. The summed E-state index contributed by atoms with van der Waals surface area (Å²) >= 11 is 0. The number of hydrogen-bond acceptors (Lipinski definition) is 2. The van der Waals surface area contributed by atoms with Crippen LogP contribution < -0.4 is 0 Å². The van der Waals surface area contributed by atoms with Crippen molar-refractivity contribution in [3.05, 3.63) is 35.4 Å². The lowest BCUT2D eigenvalue weighted by atomic mass is 10.1. The fourth-order valence-electron chi connectivity index (χ4n) is 1.73. The summed E-state index contributed by atoms with van der Waals surface area (Å²) in [6.45, 7) is 3.55. The highest BCUT2D eigenvalue weighted by Gasteiger charge is 2.20. The van der Waals surface area contributed by atoms with Crippen molar-refractivity contribution in [3.8, 4) is 0 Å². The first-order chi connectivity index (χ1) is 8.47. The lowest BCUT2D eigenvalue weighted by molar-refractivity contribution is -0.132. The Morgan fingerprint density at radius 1 is 1.33 bits per heavy atom. The third-order valence-electron chi connectivity index (χ3n) is 2.67. The van der Waals surface area contributed by atoms with E-state index in [1.165, 1.54) is 11.0 Å². The fraction of sp³-hybridized carbons (Fsp3) is 0.462. The Kier molecular flexibility index (Phi) is 5.22. The van der Waals surface area contributed by atoms with Crippen LogP contribution in [0, 0.1) is 11.6 Å². The normalized spacial score (nSPS) is 10.8. The number of hydrogen-bond donors (Lipinski definition) is 1. The molecule has 18 heavy (non-hydrogen) atoms. The molecule has 100 valence electrons. The van der Waals surface area contributed by atoms with E-state index in [0.29, 0.717) is 0 Å². The van der Waals surface area contributed by atoms with Gasteiger partial charge in [-0.05, 0) is 26.0 Å². The van der Waals surface area contributed by atoms with E-state index in [1.54, 1.807) is 13.8 Å². The third-order valence-corrected chi connectivity index (χ3v) is 2.67. The van der Waals surface area contributed by atoms with Crippen molar-refractivity contribution in [1.29, 1.82) is 0 Å². The van der Waals surface area contributed by atoms with E-state index < -0.39 is 17.5 Å². The molecule has 3 nitrogen and oxygen atoms in total. The Morgan fingerprint density at radius 2 is 1.89 bits per heavy atom. The van der Waals surface area contributed by atoms with E-state index in [2.05, 4.69) is 0 Å². The molecule has 0 aliphatic carbocycles. The highest BCUT2D eigenvalue weighted by atomic mass is 19.1. The lowest BCUT2D eigenvalue weighted by Gasteiger charge is -2.26. The molecule has 0 aliphatic rings. The lowest BCUT2D eigenvalue weighted by Crippen LogP contribution is -2.40. The minimum Gasteiger partial charge on any atom is -0.395 e. The molecule has 0 unspecified atom stereocenters. The van der Waals surface area contributed by atoms with Gasteiger partial charge in [0.15, 0.2) is 0 Å². The molecule has 0 radical (unpaired) electrons. The molecule has 0 spiro atoms. The summed E-state index contributed by atoms with van der Waals surface area (Å²) in [5, 5.41) is 8.87. The summed E-state index contributed by atoms with van der Waals surface area (Å²) in [5.74, 6) is -1.85. The van der Waals surface area contributed by atoms with Gasteiger partial charge < -0.3 is 10.0 Å². The molecule has 0 heterocycles. The van der Waals surface area contributed by atoms with Crippen LogP contribution in [0.1, 0.15) is 19.4 Å². The second kappa shape index (κ2) is 6.44. The first-order valence-corrected chi connectivity index (χ1v) is 5.80. The smallest absolute Gasteiger partial charge is 0.227 e. The first-order valence-electron chi connectivity index (χ1n) is 5.80. The van der Waals surface area contributed by atoms with Gasteiger partial charge in [-0.2, -0.15) is 0 Å². The SMILES string of the molecule is CC(C)N(CCO)C(=O)Cc1c(F)cccc1F. The van der Waals surface area contributed by atoms with Gasteiger partial charge in [0.1, 0.15) is 11.6 Å². The molecule has 0 saturated carbocycles. The molecule has 1 amide bonds.